The van der Waals surface area contributed by atoms with Gasteiger partial charge in [0.2, 0.25) is 11.9 Å². The molecule has 2 heterocycles. The smallest absolute Gasteiger partial charge is 0.250 e. The molecule has 20 heavy (non-hydrogen) atoms. The van der Waals surface area contributed by atoms with E-state index in [1.54, 1.807) is 13.1 Å². The van der Waals surface area contributed by atoms with Crippen molar-refractivity contribution in [3.05, 3.63) is 47.3 Å². The number of pyridine rings is 1. The van der Waals surface area contributed by atoms with Gasteiger partial charge in [0.25, 0.3) is 0 Å². The standard InChI is InChI=1S/C15H20N2O3/c1-3-4-5-6-7-8-19-15-13-12(10-20-15)9-17(16)11(2)14(13)18/h3-6,9,15H,7-8,10,16H2,1-2H3/p+1/b4-3+,6-5+. The van der Waals surface area contributed by atoms with Crippen LogP contribution in [0.3, 0.4) is 0 Å². The maximum atomic E-state index is 10.2. The zero-order valence-electron chi connectivity index (χ0n) is 11.9. The molecule has 1 aromatic heterocycles. The van der Waals surface area contributed by atoms with E-state index in [2.05, 4.69) is 0 Å². The molecular formula is C15H21N2O3+. The highest BCUT2D eigenvalue weighted by Crippen LogP contribution is 2.37. The molecule has 0 saturated carbocycles. The van der Waals surface area contributed by atoms with Crippen molar-refractivity contribution in [2.75, 3.05) is 12.4 Å². The first-order valence-corrected chi connectivity index (χ1v) is 6.68. The molecule has 1 aromatic rings. The van der Waals surface area contributed by atoms with Crippen LogP contribution in [0.1, 0.15) is 36.5 Å². The second-order valence-electron chi connectivity index (χ2n) is 4.67. The van der Waals surface area contributed by atoms with Gasteiger partial charge < -0.3 is 14.6 Å². The average Bonchev–Trinajstić information content (AvgIpc) is 2.83. The second-order valence-corrected chi connectivity index (χ2v) is 4.67. The first-order valence-electron chi connectivity index (χ1n) is 6.68. The molecule has 0 aliphatic carbocycles. The highest BCUT2D eigenvalue weighted by Gasteiger charge is 2.32. The minimum absolute atomic E-state index is 0.150. The van der Waals surface area contributed by atoms with Gasteiger partial charge >= 0.3 is 0 Å². The molecule has 0 saturated heterocycles. The molecule has 0 amide bonds. The number of rotatable bonds is 5. The summed E-state index contributed by atoms with van der Waals surface area (Å²) >= 11 is 0. The topological polar surface area (TPSA) is 68.6 Å². The molecule has 108 valence electrons. The predicted molar refractivity (Wildman–Crippen MR) is 75.2 cm³/mol. The molecule has 1 aliphatic rings. The Morgan fingerprint density at radius 2 is 2.35 bits per heavy atom. The monoisotopic (exact) mass is 277 g/mol. The molecule has 1 atom stereocenters. The van der Waals surface area contributed by atoms with Gasteiger partial charge in [-0.25, -0.2) is 5.84 Å². The molecule has 5 nitrogen and oxygen atoms in total. The Bertz CT molecular complexity index is 538. The van der Waals surface area contributed by atoms with E-state index >= 15 is 0 Å². The number of allylic oxidation sites excluding steroid dienone is 3. The predicted octanol–water partition coefficient (Wildman–Crippen LogP) is 1.77. The Morgan fingerprint density at radius 3 is 3.10 bits per heavy atom. The van der Waals surface area contributed by atoms with Gasteiger partial charge in [0, 0.05) is 6.92 Å². The average molecular weight is 277 g/mol. The lowest BCUT2D eigenvalue weighted by molar-refractivity contribution is -0.646. The van der Waals surface area contributed by atoms with Gasteiger partial charge in [-0.3, -0.25) is 0 Å². The maximum Gasteiger partial charge on any atom is 0.250 e. The lowest BCUT2D eigenvalue weighted by Gasteiger charge is -2.12. The minimum Gasteiger partial charge on any atom is -0.502 e. The number of ether oxygens (including phenoxy) is 2. The van der Waals surface area contributed by atoms with Crippen molar-refractivity contribution in [3.63, 3.8) is 0 Å². The molecule has 0 bridgehead atoms. The van der Waals surface area contributed by atoms with E-state index in [1.165, 1.54) is 4.68 Å². The maximum absolute atomic E-state index is 10.2. The molecule has 1 unspecified atom stereocenters. The lowest BCUT2D eigenvalue weighted by Crippen LogP contribution is -2.47. The third kappa shape index (κ3) is 3.00. The van der Waals surface area contributed by atoms with Crippen molar-refractivity contribution in [3.8, 4) is 5.75 Å². The lowest BCUT2D eigenvalue weighted by atomic mass is 10.1. The third-order valence-corrected chi connectivity index (χ3v) is 3.25. The number of hydrogen-bond acceptors (Lipinski definition) is 4. The summed E-state index contributed by atoms with van der Waals surface area (Å²) in [4.78, 5) is 0. The van der Waals surface area contributed by atoms with Crippen molar-refractivity contribution in [1.82, 2.24) is 0 Å². The first-order chi connectivity index (χ1) is 9.65. The Kier molecular flexibility index (Phi) is 4.76. The molecule has 0 radical (unpaired) electrons. The molecule has 3 N–H and O–H groups in total. The highest BCUT2D eigenvalue weighted by molar-refractivity contribution is 5.40. The number of hydrogen-bond donors (Lipinski definition) is 2. The molecular weight excluding hydrogens is 256 g/mol. The summed E-state index contributed by atoms with van der Waals surface area (Å²) in [7, 11) is 0. The van der Waals surface area contributed by atoms with Gasteiger partial charge in [-0.05, 0) is 13.3 Å². The van der Waals surface area contributed by atoms with Crippen LogP contribution in [0.15, 0.2) is 30.5 Å². The Labute approximate surface area is 118 Å². The van der Waals surface area contributed by atoms with Crippen molar-refractivity contribution < 1.29 is 19.3 Å². The van der Waals surface area contributed by atoms with Crippen LogP contribution in [0, 0.1) is 6.92 Å². The van der Waals surface area contributed by atoms with Crippen molar-refractivity contribution in [2.45, 2.75) is 33.2 Å². The molecule has 1 aliphatic heterocycles. The number of aromatic hydroxyl groups is 1. The largest absolute Gasteiger partial charge is 0.502 e. The van der Waals surface area contributed by atoms with Gasteiger partial charge in [0.1, 0.15) is 0 Å². The Balaban J connectivity index is 2.00. The van der Waals surface area contributed by atoms with Crippen LogP contribution in [0.2, 0.25) is 0 Å². The van der Waals surface area contributed by atoms with Crippen molar-refractivity contribution in [2.24, 2.45) is 0 Å². The Morgan fingerprint density at radius 1 is 1.55 bits per heavy atom. The van der Waals surface area contributed by atoms with E-state index < -0.39 is 6.29 Å². The van der Waals surface area contributed by atoms with E-state index in [9.17, 15) is 5.11 Å². The van der Waals surface area contributed by atoms with Crippen LogP contribution in [-0.2, 0) is 16.1 Å². The van der Waals surface area contributed by atoms with E-state index in [0.29, 0.717) is 24.5 Å². The fourth-order valence-electron chi connectivity index (χ4n) is 2.09. The first kappa shape index (κ1) is 14.6. The van der Waals surface area contributed by atoms with Gasteiger partial charge in [-0.15, -0.1) is 0 Å². The number of aromatic nitrogens is 1. The Hall–Kier alpha value is -1.85. The molecule has 5 heteroatoms. The summed E-state index contributed by atoms with van der Waals surface area (Å²) in [5, 5.41) is 10.2. The highest BCUT2D eigenvalue weighted by atomic mass is 16.7. The van der Waals surface area contributed by atoms with Crippen LogP contribution in [-0.4, -0.2) is 11.7 Å². The number of nitrogens with zero attached hydrogens (tertiary/aromatic N) is 1. The van der Waals surface area contributed by atoms with Crippen molar-refractivity contribution >= 4 is 0 Å². The van der Waals surface area contributed by atoms with Gasteiger partial charge in [0.05, 0.1) is 24.3 Å². The van der Waals surface area contributed by atoms with Crippen LogP contribution < -0.4 is 10.5 Å². The molecule has 0 spiro atoms. The minimum atomic E-state index is -0.514. The van der Waals surface area contributed by atoms with Crippen LogP contribution >= 0.6 is 0 Å². The van der Waals surface area contributed by atoms with E-state index in [0.717, 1.165) is 12.0 Å². The quantitative estimate of drug-likeness (QED) is 0.372. The molecule has 0 aromatic carbocycles. The van der Waals surface area contributed by atoms with Gasteiger partial charge in [-0.2, -0.15) is 0 Å². The van der Waals surface area contributed by atoms with Gasteiger partial charge in [0.15, 0.2) is 12.0 Å². The summed E-state index contributed by atoms with van der Waals surface area (Å²) in [6, 6.07) is 0. The van der Waals surface area contributed by atoms with E-state index in [4.69, 9.17) is 15.3 Å². The zero-order chi connectivity index (χ0) is 14.5. The SMILES string of the molecule is C/C=C/C=C/CCOC1OCc2c[n+](N)c(C)c(O)c21. The van der Waals surface area contributed by atoms with Crippen LogP contribution in [0.4, 0.5) is 0 Å². The summed E-state index contributed by atoms with van der Waals surface area (Å²) in [6.07, 6.45) is 9.99. The van der Waals surface area contributed by atoms with E-state index in [1.807, 2.05) is 31.2 Å². The van der Waals surface area contributed by atoms with Crippen molar-refractivity contribution in [1.29, 1.82) is 0 Å². The van der Waals surface area contributed by atoms with E-state index in [-0.39, 0.29) is 5.75 Å². The fraction of sp³-hybridized carbons (Fsp3) is 0.400. The summed E-state index contributed by atoms with van der Waals surface area (Å²) in [5.41, 5.74) is 2.16. The summed E-state index contributed by atoms with van der Waals surface area (Å²) in [5.74, 6) is 5.90. The number of nitrogen functional groups attached to an aromatic ring is 1. The fourth-order valence-corrected chi connectivity index (χ4v) is 2.09. The van der Waals surface area contributed by atoms with Gasteiger partial charge in [-0.1, -0.05) is 29.0 Å². The van der Waals surface area contributed by atoms with Crippen LogP contribution in [0.5, 0.6) is 5.75 Å². The third-order valence-electron chi connectivity index (χ3n) is 3.25. The summed E-state index contributed by atoms with van der Waals surface area (Å²) in [6.45, 7) is 4.66. The normalized spacial score (nSPS) is 18.2. The molecule has 0 fully saturated rings. The van der Waals surface area contributed by atoms with Crippen LogP contribution in [0.25, 0.3) is 0 Å². The zero-order valence-corrected chi connectivity index (χ0v) is 11.9. The second kappa shape index (κ2) is 6.54. The molecule has 2 rings (SSSR count). The number of fused-ring (bicyclic) bond motifs is 1. The summed E-state index contributed by atoms with van der Waals surface area (Å²) < 4.78 is 12.6. The number of nitrogens with two attached hydrogens (primary N) is 1.